The van der Waals surface area contributed by atoms with E-state index in [0.29, 0.717) is 11.1 Å². The zero-order valence-corrected chi connectivity index (χ0v) is 13.7. The molecule has 4 atom stereocenters. The predicted molar refractivity (Wildman–Crippen MR) is 89.3 cm³/mol. The Morgan fingerprint density at radius 2 is 1.42 bits per heavy atom. The van der Waals surface area contributed by atoms with Crippen LogP contribution in [-0.2, 0) is 14.2 Å². The van der Waals surface area contributed by atoms with Crippen molar-refractivity contribution in [2.45, 2.75) is 24.6 Å². The molecule has 2 aromatic rings. The van der Waals surface area contributed by atoms with Gasteiger partial charge >= 0.3 is 11.9 Å². The van der Waals surface area contributed by atoms with Gasteiger partial charge in [0.15, 0.2) is 12.4 Å². The summed E-state index contributed by atoms with van der Waals surface area (Å²) in [5.74, 6) is -1.26. The average Bonchev–Trinajstić information content (AvgIpc) is 2.95. The van der Waals surface area contributed by atoms with E-state index in [1.54, 1.807) is 60.7 Å². The highest BCUT2D eigenvalue weighted by molar-refractivity contribution is 5.90. The number of hydrogen-bond donors (Lipinski definition) is 2. The third-order valence-corrected chi connectivity index (χ3v) is 3.95. The predicted octanol–water partition coefficient (Wildman–Crippen LogP) is 1.15. The summed E-state index contributed by atoms with van der Waals surface area (Å²) < 4.78 is 15.6. The third-order valence-electron chi connectivity index (χ3n) is 3.95. The molecule has 0 spiro atoms. The Balaban J connectivity index is 1.63. The van der Waals surface area contributed by atoms with Crippen LogP contribution in [0.4, 0.5) is 0 Å². The Morgan fingerprint density at radius 3 is 2.00 bits per heavy atom. The van der Waals surface area contributed by atoms with E-state index in [1.807, 2.05) is 0 Å². The molecular formula is C19H18O7. The van der Waals surface area contributed by atoms with Crippen molar-refractivity contribution >= 4 is 11.9 Å². The topological polar surface area (TPSA) is 102 Å². The molecule has 2 aromatic carbocycles. The number of hydrogen-bond acceptors (Lipinski definition) is 7. The molecule has 7 nitrogen and oxygen atoms in total. The van der Waals surface area contributed by atoms with Crippen LogP contribution >= 0.6 is 0 Å². The highest BCUT2D eigenvalue weighted by atomic mass is 16.7. The van der Waals surface area contributed by atoms with E-state index in [1.165, 1.54) is 0 Å². The van der Waals surface area contributed by atoms with Crippen LogP contribution in [0, 0.1) is 0 Å². The van der Waals surface area contributed by atoms with Gasteiger partial charge < -0.3 is 24.4 Å². The lowest BCUT2D eigenvalue weighted by atomic mass is 10.1. The summed E-state index contributed by atoms with van der Waals surface area (Å²) in [6, 6.07) is 16.6. The Hall–Kier alpha value is -2.74. The molecule has 1 aliphatic heterocycles. The Kier molecular flexibility index (Phi) is 5.62. The van der Waals surface area contributed by atoms with Crippen LogP contribution in [0.1, 0.15) is 20.7 Å². The van der Waals surface area contributed by atoms with E-state index >= 15 is 0 Å². The minimum atomic E-state index is -1.54. The van der Waals surface area contributed by atoms with E-state index in [-0.39, 0.29) is 6.61 Å². The molecule has 0 aliphatic carbocycles. The highest BCUT2D eigenvalue weighted by Crippen LogP contribution is 2.24. The summed E-state index contributed by atoms with van der Waals surface area (Å²) >= 11 is 0. The van der Waals surface area contributed by atoms with Crippen LogP contribution in [0.25, 0.3) is 0 Å². The molecular weight excluding hydrogens is 340 g/mol. The average molecular weight is 358 g/mol. The van der Waals surface area contributed by atoms with E-state index < -0.39 is 36.5 Å². The number of carbonyl (C=O) groups excluding carboxylic acids is 2. The minimum absolute atomic E-state index is 0.283. The van der Waals surface area contributed by atoms with Crippen LogP contribution in [-0.4, -0.2) is 53.4 Å². The smallest absolute Gasteiger partial charge is 0.338 e. The summed E-state index contributed by atoms with van der Waals surface area (Å²) in [5, 5.41) is 19.7. The second-order valence-electron chi connectivity index (χ2n) is 5.76. The molecule has 1 heterocycles. The number of aliphatic hydroxyl groups excluding tert-OH is 2. The molecule has 2 N–H and O–H groups in total. The lowest BCUT2D eigenvalue weighted by molar-refractivity contribution is -0.133. The normalized spacial score (nSPS) is 24.8. The second kappa shape index (κ2) is 8.09. The fraction of sp³-hybridized carbons (Fsp3) is 0.263. The van der Waals surface area contributed by atoms with Crippen LogP contribution in [0.15, 0.2) is 60.7 Å². The Morgan fingerprint density at radius 1 is 0.885 bits per heavy atom. The summed E-state index contributed by atoms with van der Waals surface area (Å²) in [7, 11) is 0. The van der Waals surface area contributed by atoms with Gasteiger partial charge in [-0.2, -0.15) is 0 Å². The first kappa shape index (κ1) is 18.1. The molecule has 136 valence electrons. The number of carbonyl (C=O) groups is 2. The van der Waals surface area contributed by atoms with Crippen LogP contribution in [0.5, 0.6) is 0 Å². The monoisotopic (exact) mass is 358 g/mol. The van der Waals surface area contributed by atoms with Crippen molar-refractivity contribution < 1.29 is 34.0 Å². The van der Waals surface area contributed by atoms with Gasteiger partial charge in [-0.1, -0.05) is 36.4 Å². The molecule has 0 saturated carbocycles. The number of ether oxygens (including phenoxy) is 3. The van der Waals surface area contributed by atoms with Crippen LogP contribution in [0.2, 0.25) is 0 Å². The van der Waals surface area contributed by atoms with Gasteiger partial charge in [0.1, 0.15) is 18.8 Å². The lowest BCUT2D eigenvalue weighted by Crippen LogP contribution is -2.39. The molecule has 0 amide bonds. The molecule has 0 radical (unpaired) electrons. The van der Waals surface area contributed by atoms with Gasteiger partial charge in [-0.05, 0) is 24.3 Å². The number of rotatable bonds is 5. The number of aliphatic hydroxyl groups is 2. The van der Waals surface area contributed by atoms with Gasteiger partial charge in [0.05, 0.1) is 11.1 Å². The number of esters is 2. The molecule has 0 bridgehead atoms. The fourth-order valence-electron chi connectivity index (χ4n) is 2.58. The maximum Gasteiger partial charge on any atom is 0.338 e. The van der Waals surface area contributed by atoms with Gasteiger partial charge in [-0.15, -0.1) is 0 Å². The summed E-state index contributed by atoms with van der Waals surface area (Å²) in [4.78, 5) is 24.2. The van der Waals surface area contributed by atoms with E-state index in [0.717, 1.165) is 0 Å². The standard InChI is InChI=1S/C19H18O7/c20-15-16(26-18(22)13-9-5-2-6-10-13)14(25-19(15)23)11-24-17(21)12-7-3-1-4-8-12/h1-10,14-16,19-20,23H,11H2/t14?,15-,16-,19-/m1/s1. The first-order valence-electron chi connectivity index (χ1n) is 8.06. The largest absolute Gasteiger partial charge is 0.459 e. The van der Waals surface area contributed by atoms with Gasteiger partial charge in [0, 0.05) is 0 Å². The van der Waals surface area contributed by atoms with Crippen molar-refractivity contribution in [2.75, 3.05) is 6.61 Å². The summed E-state index contributed by atoms with van der Waals surface area (Å²) in [5.41, 5.74) is 0.644. The van der Waals surface area contributed by atoms with Crippen molar-refractivity contribution in [3.8, 4) is 0 Å². The molecule has 0 aromatic heterocycles. The molecule has 1 fully saturated rings. The summed E-state index contributed by atoms with van der Waals surface area (Å²) in [6.45, 7) is -0.283. The van der Waals surface area contributed by atoms with Crippen LogP contribution in [0.3, 0.4) is 0 Å². The van der Waals surface area contributed by atoms with Crippen LogP contribution < -0.4 is 0 Å². The van der Waals surface area contributed by atoms with Gasteiger partial charge in [0.25, 0.3) is 0 Å². The fourth-order valence-corrected chi connectivity index (χ4v) is 2.58. The second-order valence-corrected chi connectivity index (χ2v) is 5.76. The Bertz CT molecular complexity index is 747. The van der Waals surface area contributed by atoms with Crippen molar-refractivity contribution in [1.29, 1.82) is 0 Å². The first-order valence-corrected chi connectivity index (χ1v) is 8.06. The van der Waals surface area contributed by atoms with Gasteiger partial charge in [-0.25, -0.2) is 9.59 Å². The van der Waals surface area contributed by atoms with Crippen molar-refractivity contribution in [3.05, 3.63) is 71.8 Å². The van der Waals surface area contributed by atoms with Crippen molar-refractivity contribution in [3.63, 3.8) is 0 Å². The quantitative estimate of drug-likeness (QED) is 0.773. The third kappa shape index (κ3) is 4.08. The van der Waals surface area contributed by atoms with E-state index in [9.17, 15) is 19.8 Å². The summed E-state index contributed by atoms with van der Waals surface area (Å²) in [6.07, 6.45) is -5.13. The molecule has 3 rings (SSSR count). The highest BCUT2D eigenvalue weighted by Gasteiger charge is 2.46. The SMILES string of the molecule is O=C(OCC1O[C@@H](O)[C@H](O)[C@@H]1OC(=O)c1ccccc1)c1ccccc1. The van der Waals surface area contributed by atoms with Gasteiger partial charge in [-0.3, -0.25) is 0 Å². The van der Waals surface area contributed by atoms with Crippen molar-refractivity contribution in [2.24, 2.45) is 0 Å². The van der Waals surface area contributed by atoms with Gasteiger partial charge in [0.2, 0.25) is 0 Å². The maximum atomic E-state index is 12.2. The molecule has 1 aliphatic rings. The minimum Gasteiger partial charge on any atom is -0.459 e. The zero-order valence-electron chi connectivity index (χ0n) is 13.7. The molecule has 26 heavy (non-hydrogen) atoms. The molecule has 1 saturated heterocycles. The number of benzene rings is 2. The molecule has 7 heteroatoms. The Labute approximate surface area is 149 Å². The van der Waals surface area contributed by atoms with E-state index in [4.69, 9.17) is 14.2 Å². The van der Waals surface area contributed by atoms with Crippen molar-refractivity contribution in [1.82, 2.24) is 0 Å². The lowest BCUT2D eigenvalue weighted by Gasteiger charge is -2.20. The maximum absolute atomic E-state index is 12.2. The zero-order chi connectivity index (χ0) is 18.5. The first-order chi connectivity index (χ1) is 12.6. The molecule has 1 unspecified atom stereocenters. The van der Waals surface area contributed by atoms with E-state index in [2.05, 4.69) is 0 Å².